The first-order valence-electron chi connectivity index (χ1n) is 10.3. The first kappa shape index (κ1) is 25.1. The summed E-state index contributed by atoms with van der Waals surface area (Å²) in [5.74, 6) is 0.0142. The van der Waals surface area contributed by atoms with Crippen molar-refractivity contribution in [2.45, 2.75) is 13.8 Å². The van der Waals surface area contributed by atoms with Gasteiger partial charge in [-0.15, -0.1) is 0 Å². The van der Waals surface area contributed by atoms with Gasteiger partial charge in [0.05, 0.1) is 31.4 Å². The number of ether oxygens (including phenoxy) is 4. The van der Waals surface area contributed by atoms with E-state index >= 15 is 0 Å². The predicted molar refractivity (Wildman–Crippen MR) is 128 cm³/mol. The van der Waals surface area contributed by atoms with Crippen LogP contribution in [-0.2, 0) is 0 Å². The zero-order chi connectivity index (χ0) is 25.0. The van der Waals surface area contributed by atoms with Gasteiger partial charge in [0.25, 0.3) is 5.91 Å². The Bertz CT molecular complexity index is 1300. The summed E-state index contributed by atoms with van der Waals surface area (Å²) >= 11 is 3.34. The van der Waals surface area contributed by atoms with E-state index in [0.29, 0.717) is 22.2 Å². The van der Waals surface area contributed by atoms with Crippen LogP contribution in [0, 0.1) is 5.92 Å². The number of hydrogen-bond donors (Lipinski definition) is 1. The predicted octanol–water partition coefficient (Wildman–Crippen LogP) is 4.19. The van der Waals surface area contributed by atoms with Gasteiger partial charge in [-0.3, -0.25) is 4.79 Å². The Hall–Kier alpha value is -3.53. The van der Waals surface area contributed by atoms with Crippen molar-refractivity contribution in [3.63, 3.8) is 0 Å². The van der Waals surface area contributed by atoms with Crippen molar-refractivity contribution < 1.29 is 33.0 Å². The van der Waals surface area contributed by atoms with Crippen molar-refractivity contribution in [3.8, 4) is 23.0 Å². The lowest BCUT2D eigenvalue weighted by atomic mass is 10.1. The minimum Gasteiger partial charge on any atom is -0.493 e. The molecule has 1 amide bonds. The number of esters is 1. The minimum atomic E-state index is -0.787. The lowest BCUT2D eigenvalue weighted by Crippen LogP contribution is -2.31. The summed E-state index contributed by atoms with van der Waals surface area (Å²) in [6.45, 7) is 4.33. The monoisotopic (exact) mass is 533 g/mol. The molecule has 34 heavy (non-hydrogen) atoms. The molecular formula is C24H24BrNO8. The van der Waals surface area contributed by atoms with Crippen molar-refractivity contribution in [2.75, 3.05) is 27.9 Å². The van der Waals surface area contributed by atoms with E-state index in [9.17, 15) is 14.4 Å². The second-order valence-corrected chi connectivity index (χ2v) is 8.44. The smallest absolute Gasteiger partial charge is 0.349 e. The summed E-state index contributed by atoms with van der Waals surface area (Å²) in [5, 5.41) is 3.19. The topological polar surface area (TPSA) is 113 Å². The highest BCUT2D eigenvalue weighted by atomic mass is 79.9. The maximum atomic E-state index is 12.9. The Kier molecular flexibility index (Phi) is 7.83. The molecule has 0 spiro atoms. The van der Waals surface area contributed by atoms with Gasteiger partial charge in [-0.1, -0.05) is 13.8 Å². The van der Waals surface area contributed by atoms with Crippen LogP contribution in [0.15, 0.2) is 44.0 Å². The molecule has 1 N–H and O–H groups in total. The van der Waals surface area contributed by atoms with Crippen LogP contribution in [0.3, 0.4) is 0 Å². The Balaban J connectivity index is 1.91. The molecule has 180 valence electrons. The summed E-state index contributed by atoms with van der Waals surface area (Å²) in [6.07, 6.45) is 0. The molecule has 1 aromatic heterocycles. The highest BCUT2D eigenvalue weighted by Gasteiger charge is 2.24. The molecule has 0 saturated heterocycles. The van der Waals surface area contributed by atoms with Gasteiger partial charge in [0.15, 0.2) is 11.5 Å². The lowest BCUT2D eigenvalue weighted by Gasteiger charge is -2.16. The van der Waals surface area contributed by atoms with Crippen LogP contribution in [0.5, 0.6) is 23.0 Å². The van der Waals surface area contributed by atoms with Crippen LogP contribution in [0.4, 0.5) is 0 Å². The number of fused-ring (bicyclic) bond motifs is 1. The number of halogens is 1. The van der Waals surface area contributed by atoms with Gasteiger partial charge < -0.3 is 28.7 Å². The third kappa shape index (κ3) is 5.17. The molecule has 0 aliphatic rings. The lowest BCUT2D eigenvalue weighted by molar-refractivity contribution is 0.0732. The van der Waals surface area contributed by atoms with Crippen LogP contribution < -0.4 is 29.9 Å². The number of amides is 1. The van der Waals surface area contributed by atoms with E-state index in [1.165, 1.54) is 45.6 Å². The Morgan fingerprint density at radius 2 is 1.71 bits per heavy atom. The van der Waals surface area contributed by atoms with Crippen LogP contribution in [0.2, 0.25) is 0 Å². The average Bonchev–Trinajstić information content (AvgIpc) is 2.81. The molecule has 10 heteroatoms. The van der Waals surface area contributed by atoms with Crippen LogP contribution >= 0.6 is 15.9 Å². The number of rotatable bonds is 8. The van der Waals surface area contributed by atoms with Gasteiger partial charge in [-0.05, 0) is 46.1 Å². The van der Waals surface area contributed by atoms with Crippen LogP contribution in [-0.4, -0.2) is 39.8 Å². The zero-order valence-corrected chi connectivity index (χ0v) is 20.9. The van der Waals surface area contributed by atoms with Gasteiger partial charge in [0.1, 0.15) is 16.9 Å². The Labute approximate surface area is 204 Å². The number of methoxy groups -OCH3 is 3. The summed E-state index contributed by atoms with van der Waals surface area (Å²) < 4.78 is 27.0. The van der Waals surface area contributed by atoms with Crippen molar-refractivity contribution in [1.82, 2.24) is 5.32 Å². The number of hydrogen-bond acceptors (Lipinski definition) is 8. The van der Waals surface area contributed by atoms with E-state index in [-0.39, 0.29) is 39.9 Å². The normalized spacial score (nSPS) is 10.8. The fraction of sp³-hybridized carbons (Fsp3) is 0.292. The maximum Gasteiger partial charge on any atom is 0.349 e. The molecule has 1 heterocycles. The highest BCUT2D eigenvalue weighted by Crippen LogP contribution is 2.45. The van der Waals surface area contributed by atoms with Gasteiger partial charge in [-0.2, -0.15) is 0 Å². The summed E-state index contributed by atoms with van der Waals surface area (Å²) in [4.78, 5) is 37.5. The molecule has 0 unspecified atom stereocenters. The van der Waals surface area contributed by atoms with E-state index in [4.69, 9.17) is 23.4 Å². The number of carbonyl (C=O) groups is 2. The van der Waals surface area contributed by atoms with Crippen LogP contribution in [0.25, 0.3) is 11.0 Å². The molecule has 9 nitrogen and oxygen atoms in total. The molecule has 3 aromatic rings. The molecule has 2 aromatic carbocycles. The molecule has 0 aliphatic carbocycles. The fourth-order valence-electron chi connectivity index (χ4n) is 3.14. The second-order valence-electron chi connectivity index (χ2n) is 7.65. The number of carbonyl (C=O) groups excluding carboxylic acids is 2. The van der Waals surface area contributed by atoms with Crippen LogP contribution in [0.1, 0.15) is 34.6 Å². The van der Waals surface area contributed by atoms with Gasteiger partial charge in [-0.25, -0.2) is 9.59 Å². The molecule has 0 atom stereocenters. The standard InChI is InChI=1S/C24H24BrNO8/c1-12(2)11-26-22(27)16-8-13-6-7-14(9-17(13)34-24(16)29)33-23(28)15-10-18(30-3)20(31-4)21(32-5)19(15)25/h6-10,12H,11H2,1-5H3,(H,26,27). The molecule has 0 bridgehead atoms. The second kappa shape index (κ2) is 10.6. The van der Waals surface area contributed by atoms with Crippen molar-refractivity contribution in [2.24, 2.45) is 5.92 Å². The molecule has 0 radical (unpaired) electrons. The van der Waals surface area contributed by atoms with Crippen molar-refractivity contribution in [1.29, 1.82) is 0 Å². The van der Waals surface area contributed by atoms with E-state index < -0.39 is 17.5 Å². The molecule has 0 fully saturated rings. The molecule has 0 saturated carbocycles. The Morgan fingerprint density at radius 3 is 2.32 bits per heavy atom. The summed E-state index contributed by atoms with van der Waals surface area (Å²) in [6, 6.07) is 7.41. The molecule has 0 aliphatic heterocycles. The van der Waals surface area contributed by atoms with E-state index in [1.54, 1.807) is 6.07 Å². The SMILES string of the molecule is COc1cc(C(=O)Oc2ccc3cc(C(=O)NCC(C)C)c(=O)oc3c2)c(Br)c(OC)c1OC. The summed E-state index contributed by atoms with van der Waals surface area (Å²) in [7, 11) is 4.32. The van der Waals surface area contributed by atoms with Gasteiger partial charge >= 0.3 is 11.6 Å². The maximum absolute atomic E-state index is 12.9. The van der Waals surface area contributed by atoms with Crippen molar-refractivity contribution in [3.05, 3.63) is 56.4 Å². The minimum absolute atomic E-state index is 0.0979. The van der Waals surface area contributed by atoms with Crippen molar-refractivity contribution >= 4 is 38.8 Å². The quantitative estimate of drug-likeness (QED) is 0.260. The number of nitrogens with one attached hydrogen (secondary N) is 1. The first-order valence-corrected chi connectivity index (χ1v) is 11.1. The molecular weight excluding hydrogens is 510 g/mol. The van der Waals surface area contributed by atoms with Gasteiger partial charge in [0.2, 0.25) is 5.75 Å². The molecule has 3 rings (SSSR count). The van der Waals surface area contributed by atoms with E-state index in [0.717, 1.165) is 0 Å². The summed E-state index contributed by atoms with van der Waals surface area (Å²) in [5.41, 5.74) is -0.586. The zero-order valence-electron chi connectivity index (χ0n) is 19.3. The van der Waals surface area contributed by atoms with E-state index in [1.807, 2.05) is 13.8 Å². The Morgan fingerprint density at radius 1 is 1.00 bits per heavy atom. The van der Waals surface area contributed by atoms with Gasteiger partial charge in [0, 0.05) is 18.0 Å². The largest absolute Gasteiger partial charge is 0.493 e. The third-order valence-corrected chi connectivity index (χ3v) is 5.61. The average molecular weight is 534 g/mol. The fourth-order valence-corrected chi connectivity index (χ4v) is 3.76. The van der Waals surface area contributed by atoms with E-state index in [2.05, 4.69) is 21.2 Å². The third-order valence-electron chi connectivity index (χ3n) is 4.82. The number of benzene rings is 2. The first-order chi connectivity index (χ1) is 16.2. The highest BCUT2D eigenvalue weighted by molar-refractivity contribution is 9.10.